The van der Waals surface area contributed by atoms with Crippen LogP contribution < -0.4 is 5.32 Å². The van der Waals surface area contributed by atoms with Crippen LogP contribution in [0.25, 0.3) is 0 Å². The van der Waals surface area contributed by atoms with Crippen LogP contribution in [0.1, 0.15) is 46.0 Å². The molecule has 1 nitrogen and oxygen atoms in total. The molecule has 2 aliphatic rings. The van der Waals surface area contributed by atoms with Crippen molar-refractivity contribution in [3.8, 4) is 0 Å². The third-order valence-electron chi connectivity index (χ3n) is 4.00. The zero-order valence-corrected chi connectivity index (χ0v) is 9.67. The molecule has 1 aliphatic carbocycles. The average Bonchev–Trinajstić information content (AvgIpc) is 2.46. The van der Waals surface area contributed by atoms with Crippen LogP contribution in [0, 0.1) is 10.8 Å². The standard InChI is InChI=1S/C11H21N.ClH/c1-10(2)3-5-11(6-4-10)7-8-12-9-11;/h12H,3-9H2,1-2H3;1H. The van der Waals surface area contributed by atoms with E-state index in [9.17, 15) is 0 Å². The summed E-state index contributed by atoms with van der Waals surface area (Å²) >= 11 is 0. The van der Waals surface area contributed by atoms with Crippen LogP contribution in [0.3, 0.4) is 0 Å². The molecule has 0 aromatic rings. The van der Waals surface area contributed by atoms with E-state index in [4.69, 9.17) is 0 Å². The zero-order valence-electron chi connectivity index (χ0n) is 8.86. The summed E-state index contributed by atoms with van der Waals surface area (Å²) in [5, 5.41) is 3.51. The van der Waals surface area contributed by atoms with Gasteiger partial charge in [0.05, 0.1) is 0 Å². The van der Waals surface area contributed by atoms with E-state index in [2.05, 4.69) is 19.2 Å². The normalized spacial score (nSPS) is 30.0. The van der Waals surface area contributed by atoms with Crippen molar-refractivity contribution in [2.75, 3.05) is 13.1 Å². The Morgan fingerprint density at radius 3 is 2.00 bits per heavy atom. The van der Waals surface area contributed by atoms with Gasteiger partial charge in [0, 0.05) is 6.54 Å². The van der Waals surface area contributed by atoms with Crippen LogP contribution in [-0.2, 0) is 0 Å². The van der Waals surface area contributed by atoms with Gasteiger partial charge in [0.1, 0.15) is 0 Å². The molecule has 0 radical (unpaired) electrons. The van der Waals surface area contributed by atoms with Gasteiger partial charge in [-0.15, -0.1) is 12.4 Å². The molecule has 1 heterocycles. The molecule has 0 aromatic carbocycles. The molecule has 78 valence electrons. The van der Waals surface area contributed by atoms with Gasteiger partial charge in [-0.05, 0) is 49.5 Å². The van der Waals surface area contributed by atoms with Gasteiger partial charge in [-0.3, -0.25) is 0 Å². The minimum Gasteiger partial charge on any atom is -0.316 e. The molecule has 2 rings (SSSR count). The van der Waals surface area contributed by atoms with E-state index in [1.807, 2.05) is 0 Å². The van der Waals surface area contributed by atoms with Gasteiger partial charge in [0.15, 0.2) is 0 Å². The number of rotatable bonds is 0. The first-order valence-corrected chi connectivity index (χ1v) is 5.33. The molecule has 0 amide bonds. The molecule has 1 saturated heterocycles. The van der Waals surface area contributed by atoms with Crippen molar-refractivity contribution in [2.45, 2.75) is 46.0 Å². The maximum atomic E-state index is 3.51. The summed E-state index contributed by atoms with van der Waals surface area (Å²) < 4.78 is 0. The number of hydrogen-bond donors (Lipinski definition) is 1. The van der Waals surface area contributed by atoms with E-state index in [0.717, 1.165) is 5.41 Å². The van der Waals surface area contributed by atoms with Crippen LogP contribution in [0.5, 0.6) is 0 Å². The highest BCUT2D eigenvalue weighted by atomic mass is 35.5. The Bertz CT molecular complexity index is 159. The largest absolute Gasteiger partial charge is 0.316 e. The van der Waals surface area contributed by atoms with Gasteiger partial charge in [-0.2, -0.15) is 0 Å². The number of hydrogen-bond acceptors (Lipinski definition) is 1. The van der Waals surface area contributed by atoms with E-state index in [-0.39, 0.29) is 12.4 Å². The molecule has 1 aliphatic heterocycles. The van der Waals surface area contributed by atoms with Gasteiger partial charge in [-0.25, -0.2) is 0 Å². The van der Waals surface area contributed by atoms with E-state index in [0.29, 0.717) is 5.41 Å². The van der Waals surface area contributed by atoms with Crippen LogP contribution in [-0.4, -0.2) is 13.1 Å². The van der Waals surface area contributed by atoms with E-state index in [1.54, 1.807) is 0 Å². The second-order valence-electron chi connectivity index (χ2n) is 5.59. The summed E-state index contributed by atoms with van der Waals surface area (Å²) in [5.74, 6) is 0. The average molecular weight is 204 g/mol. The fourth-order valence-corrected chi connectivity index (χ4v) is 2.68. The van der Waals surface area contributed by atoms with Crippen LogP contribution in [0.2, 0.25) is 0 Å². The predicted molar refractivity (Wildman–Crippen MR) is 59.4 cm³/mol. The second-order valence-corrected chi connectivity index (χ2v) is 5.59. The molecule has 1 saturated carbocycles. The summed E-state index contributed by atoms with van der Waals surface area (Å²) in [4.78, 5) is 0. The summed E-state index contributed by atoms with van der Waals surface area (Å²) in [6, 6.07) is 0. The van der Waals surface area contributed by atoms with Crippen molar-refractivity contribution < 1.29 is 0 Å². The maximum Gasteiger partial charge on any atom is 0.000829 e. The zero-order chi connectivity index (χ0) is 8.66. The highest BCUT2D eigenvalue weighted by Gasteiger charge is 2.39. The molecule has 1 N–H and O–H groups in total. The van der Waals surface area contributed by atoms with Crippen LogP contribution in [0.15, 0.2) is 0 Å². The first kappa shape index (κ1) is 11.3. The van der Waals surface area contributed by atoms with E-state index < -0.39 is 0 Å². The molecule has 0 atom stereocenters. The fourth-order valence-electron chi connectivity index (χ4n) is 2.68. The van der Waals surface area contributed by atoms with Crippen molar-refractivity contribution in [1.29, 1.82) is 0 Å². The summed E-state index contributed by atoms with van der Waals surface area (Å²) in [6.45, 7) is 7.40. The Morgan fingerprint density at radius 2 is 1.54 bits per heavy atom. The quantitative estimate of drug-likeness (QED) is 0.639. The lowest BCUT2D eigenvalue weighted by atomic mass is 9.65. The molecular formula is C11H22ClN. The van der Waals surface area contributed by atoms with Gasteiger partial charge in [-0.1, -0.05) is 13.8 Å². The maximum absolute atomic E-state index is 3.51. The van der Waals surface area contributed by atoms with E-state index >= 15 is 0 Å². The second kappa shape index (κ2) is 3.78. The minimum absolute atomic E-state index is 0. The van der Waals surface area contributed by atoms with Crippen molar-refractivity contribution in [1.82, 2.24) is 5.32 Å². The number of halogens is 1. The molecule has 2 heteroatoms. The Kier molecular flexibility index (Phi) is 3.29. The topological polar surface area (TPSA) is 12.0 Å². The monoisotopic (exact) mass is 203 g/mol. The van der Waals surface area contributed by atoms with Crippen molar-refractivity contribution in [2.24, 2.45) is 10.8 Å². The lowest BCUT2D eigenvalue weighted by molar-refractivity contribution is 0.118. The van der Waals surface area contributed by atoms with Crippen molar-refractivity contribution >= 4 is 12.4 Å². The SMILES string of the molecule is CC1(C)CCC2(CCNC2)CC1.Cl. The molecule has 0 unspecified atom stereocenters. The van der Waals surface area contributed by atoms with Crippen LogP contribution >= 0.6 is 12.4 Å². The Morgan fingerprint density at radius 1 is 0.923 bits per heavy atom. The summed E-state index contributed by atoms with van der Waals surface area (Å²) in [6.07, 6.45) is 7.24. The lowest BCUT2D eigenvalue weighted by Gasteiger charge is -2.40. The van der Waals surface area contributed by atoms with E-state index in [1.165, 1.54) is 45.2 Å². The smallest absolute Gasteiger partial charge is 0.000829 e. The number of nitrogens with one attached hydrogen (secondary N) is 1. The highest BCUT2D eigenvalue weighted by molar-refractivity contribution is 5.85. The van der Waals surface area contributed by atoms with Crippen molar-refractivity contribution in [3.63, 3.8) is 0 Å². The van der Waals surface area contributed by atoms with Gasteiger partial charge in [0.2, 0.25) is 0 Å². The first-order chi connectivity index (χ1) is 5.62. The Hall–Kier alpha value is 0.250. The van der Waals surface area contributed by atoms with Crippen LogP contribution in [0.4, 0.5) is 0 Å². The molecule has 0 aromatic heterocycles. The lowest BCUT2D eigenvalue weighted by Crippen LogP contribution is -2.32. The third kappa shape index (κ3) is 2.38. The molecule has 1 spiro atoms. The summed E-state index contributed by atoms with van der Waals surface area (Å²) in [7, 11) is 0. The third-order valence-corrected chi connectivity index (χ3v) is 4.00. The Balaban J connectivity index is 0.000000845. The minimum atomic E-state index is 0. The van der Waals surface area contributed by atoms with Gasteiger partial charge < -0.3 is 5.32 Å². The molecule has 13 heavy (non-hydrogen) atoms. The van der Waals surface area contributed by atoms with Crippen molar-refractivity contribution in [3.05, 3.63) is 0 Å². The summed E-state index contributed by atoms with van der Waals surface area (Å²) in [5.41, 5.74) is 1.35. The predicted octanol–water partition coefficient (Wildman–Crippen LogP) is 2.99. The molecular weight excluding hydrogens is 182 g/mol. The Labute approximate surface area is 88.1 Å². The molecule has 2 fully saturated rings. The highest BCUT2D eigenvalue weighted by Crippen LogP contribution is 2.47. The molecule has 0 bridgehead atoms. The van der Waals surface area contributed by atoms with Gasteiger partial charge >= 0.3 is 0 Å². The van der Waals surface area contributed by atoms with Gasteiger partial charge in [0.25, 0.3) is 0 Å². The fraction of sp³-hybridized carbons (Fsp3) is 1.00. The first-order valence-electron chi connectivity index (χ1n) is 5.33.